The number of nitrogens with zero attached hydrogens (tertiary/aromatic N) is 1. The molecule has 0 aliphatic heterocycles. The third-order valence-electron chi connectivity index (χ3n) is 2.68. The molecule has 0 fully saturated rings. The molecule has 2 rings (SSSR count). The Labute approximate surface area is 115 Å². The quantitative estimate of drug-likeness (QED) is 0.903. The van der Waals surface area contributed by atoms with Crippen molar-refractivity contribution in [2.45, 2.75) is 19.4 Å². The van der Waals surface area contributed by atoms with Crippen molar-refractivity contribution in [3.8, 4) is 0 Å². The lowest BCUT2D eigenvalue weighted by atomic mass is 10.0. The molecule has 2 nitrogen and oxygen atoms in total. The van der Waals surface area contributed by atoms with Crippen molar-refractivity contribution in [2.24, 2.45) is 0 Å². The van der Waals surface area contributed by atoms with E-state index in [9.17, 15) is 4.39 Å². The van der Waals surface area contributed by atoms with Gasteiger partial charge in [-0.1, -0.05) is 24.6 Å². The Bertz CT molecular complexity index is 502. The summed E-state index contributed by atoms with van der Waals surface area (Å²) in [6.07, 6.45) is 2.42. The Kier molecular flexibility index (Phi) is 4.69. The number of hydrogen-bond donors (Lipinski definition) is 1. The van der Waals surface area contributed by atoms with Crippen LogP contribution in [0.15, 0.2) is 29.9 Å². The molecule has 0 spiro atoms. The minimum absolute atomic E-state index is 0.0955. The third kappa shape index (κ3) is 3.28. The van der Waals surface area contributed by atoms with Gasteiger partial charge < -0.3 is 5.32 Å². The number of nitrogens with one attached hydrogen (secondary N) is 1. The largest absolute Gasteiger partial charge is 0.309 e. The van der Waals surface area contributed by atoms with Crippen LogP contribution in [0.1, 0.15) is 23.4 Å². The lowest BCUT2D eigenvalue weighted by molar-refractivity contribution is 0.533. The molecular formula is C13H14ClFN2S. The van der Waals surface area contributed by atoms with Crippen LogP contribution in [-0.4, -0.2) is 11.5 Å². The highest BCUT2D eigenvalue weighted by Crippen LogP contribution is 2.24. The molecule has 1 atom stereocenters. The highest BCUT2D eigenvalue weighted by molar-refractivity contribution is 7.09. The zero-order valence-electron chi connectivity index (χ0n) is 9.99. The molecule has 0 bridgehead atoms. The molecule has 5 heteroatoms. The summed E-state index contributed by atoms with van der Waals surface area (Å²) in [4.78, 5) is 5.18. The summed E-state index contributed by atoms with van der Waals surface area (Å²) in [7, 11) is 0. The molecule has 0 saturated heterocycles. The average Bonchev–Trinajstić information content (AvgIpc) is 2.85. The first kappa shape index (κ1) is 13.5. The van der Waals surface area contributed by atoms with Crippen molar-refractivity contribution in [3.63, 3.8) is 0 Å². The topological polar surface area (TPSA) is 24.9 Å². The Morgan fingerprint density at radius 2 is 2.33 bits per heavy atom. The number of hydrogen-bond acceptors (Lipinski definition) is 3. The van der Waals surface area contributed by atoms with Gasteiger partial charge in [-0.15, -0.1) is 11.3 Å². The fourth-order valence-corrected chi connectivity index (χ4v) is 2.68. The Morgan fingerprint density at radius 1 is 1.50 bits per heavy atom. The van der Waals surface area contributed by atoms with E-state index in [4.69, 9.17) is 11.6 Å². The second-order valence-corrected chi connectivity index (χ2v) is 5.31. The van der Waals surface area contributed by atoms with Crippen LogP contribution in [0.5, 0.6) is 0 Å². The fraction of sp³-hybridized carbons (Fsp3) is 0.308. The molecule has 2 aromatic rings. The maximum Gasteiger partial charge on any atom is 0.127 e. The molecular weight excluding hydrogens is 271 g/mol. The molecule has 1 aromatic carbocycles. The molecule has 18 heavy (non-hydrogen) atoms. The van der Waals surface area contributed by atoms with Gasteiger partial charge in [0.05, 0.1) is 5.51 Å². The molecule has 0 aliphatic rings. The van der Waals surface area contributed by atoms with E-state index in [-0.39, 0.29) is 11.9 Å². The highest BCUT2D eigenvalue weighted by atomic mass is 35.5. The van der Waals surface area contributed by atoms with Crippen molar-refractivity contribution in [1.29, 1.82) is 0 Å². The second kappa shape index (κ2) is 6.27. The maximum atomic E-state index is 13.8. The third-order valence-corrected chi connectivity index (χ3v) is 3.81. The first-order chi connectivity index (χ1) is 8.70. The van der Waals surface area contributed by atoms with Gasteiger partial charge in [-0.25, -0.2) is 4.39 Å². The minimum Gasteiger partial charge on any atom is -0.309 e. The van der Waals surface area contributed by atoms with Crippen LogP contribution in [0.3, 0.4) is 0 Å². The monoisotopic (exact) mass is 284 g/mol. The normalized spacial score (nSPS) is 12.6. The smallest absolute Gasteiger partial charge is 0.127 e. The van der Waals surface area contributed by atoms with Crippen LogP contribution < -0.4 is 5.32 Å². The first-order valence-corrected chi connectivity index (χ1v) is 7.02. The van der Waals surface area contributed by atoms with E-state index in [2.05, 4.69) is 10.3 Å². The number of aromatic nitrogens is 1. The summed E-state index contributed by atoms with van der Waals surface area (Å²) >= 11 is 7.33. The van der Waals surface area contributed by atoms with Gasteiger partial charge in [0.15, 0.2) is 0 Å². The van der Waals surface area contributed by atoms with Gasteiger partial charge in [-0.3, -0.25) is 4.98 Å². The van der Waals surface area contributed by atoms with Crippen LogP contribution in [0.4, 0.5) is 4.39 Å². The van der Waals surface area contributed by atoms with Gasteiger partial charge in [0, 0.05) is 22.1 Å². The number of halogens is 2. The Balaban J connectivity index is 2.18. The molecule has 1 unspecified atom stereocenters. The van der Waals surface area contributed by atoms with Gasteiger partial charge in [-0.2, -0.15) is 0 Å². The summed E-state index contributed by atoms with van der Waals surface area (Å²) < 4.78 is 13.8. The standard InChI is InChI=1S/C13H14ClFN2S/c1-2-17-12(13-7-16-8-18-13)5-9-3-4-10(14)6-11(9)15/h3-4,6-8,12,17H,2,5H2,1H3. The summed E-state index contributed by atoms with van der Waals surface area (Å²) in [6.45, 7) is 2.87. The number of rotatable bonds is 5. The fourth-order valence-electron chi connectivity index (χ4n) is 1.82. The summed E-state index contributed by atoms with van der Waals surface area (Å²) in [6, 6.07) is 4.91. The lowest BCUT2D eigenvalue weighted by Crippen LogP contribution is -2.22. The van der Waals surface area contributed by atoms with Gasteiger partial charge in [0.2, 0.25) is 0 Å². The number of benzene rings is 1. The lowest BCUT2D eigenvalue weighted by Gasteiger charge is -2.16. The average molecular weight is 285 g/mol. The SMILES string of the molecule is CCNC(Cc1ccc(Cl)cc1F)c1cncs1. The van der Waals surface area contributed by atoms with Crippen molar-refractivity contribution >= 4 is 22.9 Å². The summed E-state index contributed by atoms with van der Waals surface area (Å²) in [5.41, 5.74) is 2.46. The van der Waals surface area contributed by atoms with E-state index in [1.807, 2.05) is 13.1 Å². The summed E-state index contributed by atoms with van der Waals surface area (Å²) in [5, 5.41) is 3.77. The molecule has 1 heterocycles. The van der Waals surface area contributed by atoms with Gasteiger partial charge in [0.25, 0.3) is 0 Å². The van der Waals surface area contributed by atoms with E-state index in [0.29, 0.717) is 17.0 Å². The van der Waals surface area contributed by atoms with E-state index >= 15 is 0 Å². The van der Waals surface area contributed by atoms with Crippen LogP contribution >= 0.6 is 22.9 Å². The molecule has 0 amide bonds. The van der Waals surface area contributed by atoms with E-state index in [1.54, 1.807) is 29.0 Å². The summed E-state index contributed by atoms with van der Waals surface area (Å²) in [5.74, 6) is -0.255. The van der Waals surface area contributed by atoms with Gasteiger partial charge >= 0.3 is 0 Å². The molecule has 96 valence electrons. The predicted molar refractivity (Wildman–Crippen MR) is 73.6 cm³/mol. The number of likely N-dealkylation sites (N-methyl/N-ethyl adjacent to an activating group) is 1. The Hall–Kier alpha value is -0.970. The highest BCUT2D eigenvalue weighted by Gasteiger charge is 2.15. The van der Waals surface area contributed by atoms with Gasteiger partial charge in [0.1, 0.15) is 5.82 Å². The van der Waals surface area contributed by atoms with Crippen LogP contribution in [-0.2, 0) is 6.42 Å². The van der Waals surface area contributed by atoms with Crippen molar-refractivity contribution in [3.05, 3.63) is 51.2 Å². The van der Waals surface area contributed by atoms with Crippen molar-refractivity contribution in [2.75, 3.05) is 6.54 Å². The number of thiazole rings is 1. The molecule has 0 saturated carbocycles. The molecule has 0 radical (unpaired) electrons. The zero-order chi connectivity index (χ0) is 13.0. The minimum atomic E-state index is -0.255. The second-order valence-electron chi connectivity index (χ2n) is 3.95. The van der Waals surface area contributed by atoms with E-state index < -0.39 is 0 Å². The zero-order valence-corrected chi connectivity index (χ0v) is 11.6. The molecule has 1 N–H and O–H groups in total. The van der Waals surface area contributed by atoms with E-state index in [0.717, 1.165) is 11.4 Å². The maximum absolute atomic E-state index is 13.8. The first-order valence-electron chi connectivity index (χ1n) is 5.76. The van der Waals surface area contributed by atoms with Gasteiger partial charge in [-0.05, 0) is 30.7 Å². The van der Waals surface area contributed by atoms with Crippen LogP contribution in [0, 0.1) is 5.82 Å². The predicted octanol–water partition coefficient (Wildman–Crippen LogP) is 3.83. The van der Waals surface area contributed by atoms with Crippen LogP contribution in [0.25, 0.3) is 0 Å². The van der Waals surface area contributed by atoms with Crippen molar-refractivity contribution in [1.82, 2.24) is 10.3 Å². The van der Waals surface area contributed by atoms with Crippen molar-refractivity contribution < 1.29 is 4.39 Å². The molecule has 1 aromatic heterocycles. The van der Waals surface area contributed by atoms with E-state index in [1.165, 1.54) is 6.07 Å². The molecule has 0 aliphatic carbocycles. The van der Waals surface area contributed by atoms with Crippen LogP contribution in [0.2, 0.25) is 5.02 Å². The Morgan fingerprint density at radius 3 is 2.94 bits per heavy atom.